The van der Waals surface area contributed by atoms with Crippen LogP contribution >= 0.6 is 33.9 Å². The van der Waals surface area contributed by atoms with E-state index in [-0.39, 0.29) is 0 Å². The Morgan fingerprint density at radius 3 is 2.92 bits per heavy atom. The van der Waals surface area contributed by atoms with Crippen molar-refractivity contribution in [2.24, 2.45) is 0 Å². The first-order valence-corrected chi connectivity index (χ1v) is 6.23. The number of halogens is 1. The quantitative estimate of drug-likeness (QED) is 0.686. The van der Waals surface area contributed by atoms with Gasteiger partial charge in [-0.1, -0.05) is 12.2 Å². The Kier molecular flexibility index (Phi) is 3.34. The van der Waals surface area contributed by atoms with Crippen LogP contribution in [-0.4, -0.2) is 11.0 Å². The summed E-state index contributed by atoms with van der Waals surface area (Å²) in [6.07, 6.45) is 8.74. The fourth-order valence-corrected chi connectivity index (χ4v) is 2.88. The third kappa shape index (κ3) is 2.75. The van der Waals surface area contributed by atoms with Gasteiger partial charge >= 0.3 is 0 Å². The zero-order valence-electron chi connectivity index (χ0n) is 7.16. The Balaban J connectivity index is 1.79. The Labute approximate surface area is 95.6 Å². The second kappa shape index (κ2) is 4.52. The predicted octanol–water partition coefficient (Wildman–Crippen LogP) is 2.56. The molecule has 1 aromatic rings. The molecule has 0 amide bonds. The minimum atomic E-state index is 0.640. The minimum Gasteiger partial charge on any atom is -0.307 e. The van der Waals surface area contributed by atoms with Gasteiger partial charge in [0.15, 0.2) is 0 Å². The first-order chi connectivity index (χ1) is 6.34. The second-order valence-corrected chi connectivity index (χ2v) is 6.09. The summed E-state index contributed by atoms with van der Waals surface area (Å²) in [5.74, 6) is 0. The zero-order chi connectivity index (χ0) is 9.10. The molecule has 13 heavy (non-hydrogen) atoms. The lowest BCUT2D eigenvalue weighted by molar-refractivity contribution is 0.537. The van der Waals surface area contributed by atoms with Crippen LogP contribution in [0.3, 0.4) is 0 Å². The van der Waals surface area contributed by atoms with E-state index in [0.29, 0.717) is 6.04 Å². The molecule has 0 fully saturated rings. The molecule has 2 rings (SSSR count). The van der Waals surface area contributed by atoms with Crippen LogP contribution in [0.5, 0.6) is 0 Å². The highest BCUT2D eigenvalue weighted by Crippen LogP contribution is 2.16. The van der Waals surface area contributed by atoms with Crippen molar-refractivity contribution in [3.8, 4) is 0 Å². The van der Waals surface area contributed by atoms with Crippen molar-refractivity contribution in [1.82, 2.24) is 10.3 Å². The maximum atomic E-state index is 4.30. The van der Waals surface area contributed by atoms with E-state index in [1.807, 2.05) is 6.20 Å². The lowest BCUT2D eigenvalue weighted by atomic mass is 10.2. The van der Waals surface area contributed by atoms with Gasteiger partial charge in [-0.25, -0.2) is 4.98 Å². The van der Waals surface area contributed by atoms with E-state index in [1.165, 1.54) is 20.7 Å². The smallest absolute Gasteiger partial charge is 0.107 e. The van der Waals surface area contributed by atoms with Gasteiger partial charge in [0.1, 0.15) is 5.01 Å². The molecular formula is C9H11IN2S. The maximum Gasteiger partial charge on any atom is 0.107 e. The Hall–Kier alpha value is 0.0600. The topological polar surface area (TPSA) is 24.9 Å². The molecule has 0 atom stereocenters. The highest BCUT2D eigenvalue weighted by molar-refractivity contribution is 14.1. The third-order valence-corrected chi connectivity index (χ3v) is 3.80. The average Bonchev–Trinajstić information content (AvgIpc) is 2.71. The van der Waals surface area contributed by atoms with E-state index < -0.39 is 0 Å². The van der Waals surface area contributed by atoms with Crippen LogP contribution in [0.2, 0.25) is 0 Å². The molecule has 1 aromatic heterocycles. The van der Waals surface area contributed by atoms with Crippen molar-refractivity contribution in [3.63, 3.8) is 0 Å². The second-order valence-electron chi connectivity index (χ2n) is 3.08. The van der Waals surface area contributed by atoms with Crippen molar-refractivity contribution in [1.29, 1.82) is 0 Å². The molecule has 1 N–H and O–H groups in total. The fraction of sp³-hybridized carbons (Fsp3) is 0.444. The molecule has 1 aliphatic carbocycles. The largest absolute Gasteiger partial charge is 0.307 e. The van der Waals surface area contributed by atoms with E-state index >= 15 is 0 Å². The highest BCUT2D eigenvalue weighted by atomic mass is 127. The van der Waals surface area contributed by atoms with Crippen LogP contribution in [0.15, 0.2) is 18.3 Å². The van der Waals surface area contributed by atoms with Gasteiger partial charge in [0.25, 0.3) is 0 Å². The molecule has 0 radical (unpaired) electrons. The summed E-state index contributed by atoms with van der Waals surface area (Å²) < 4.78 is 1.26. The number of nitrogens with one attached hydrogen (secondary N) is 1. The molecule has 4 heteroatoms. The summed E-state index contributed by atoms with van der Waals surface area (Å²) in [7, 11) is 0. The zero-order valence-corrected chi connectivity index (χ0v) is 10.1. The van der Waals surface area contributed by atoms with Gasteiger partial charge in [0.05, 0.1) is 9.08 Å². The van der Waals surface area contributed by atoms with Gasteiger partial charge in [0, 0.05) is 12.6 Å². The van der Waals surface area contributed by atoms with Gasteiger partial charge in [-0.05, 0) is 35.4 Å². The van der Waals surface area contributed by atoms with Gasteiger partial charge in [-0.3, -0.25) is 0 Å². The van der Waals surface area contributed by atoms with E-state index in [1.54, 1.807) is 11.3 Å². The summed E-state index contributed by atoms with van der Waals surface area (Å²) >= 11 is 4.07. The first kappa shape index (κ1) is 9.61. The fourth-order valence-electron chi connectivity index (χ4n) is 1.39. The molecule has 1 aliphatic rings. The molecule has 0 aliphatic heterocycles. The number of aromatic nitrogens is 1. The van der Waals surface area contributed by atoms with E-state index in [2.05, 4.69) is 45.0 Å². The summed E-state index contributed by atoms with van der Waals surface area (Å²) in [5, 5.41) is 4.68. The van der Waals surface area contributed by atoms with Gasteiger partial charge in [-0.2, -0.15) is 0 Å². The molecule has 0 spiro atoms. The Bertz CT molecular complexity index is 300. The molecule has 70 valence electrons. The van der Waals surface area contributed by atoms with Crippen LogP contribution in [0.4, 0.5) is 0 Å². The van der Waals surface area contributed by atoms with Crippen molar-refractivity contribution >= 4 is 33.9 Å². The van der Waals surface area contributed by atoms with Crippen LogP contribution < -0.4 is 5.32 Å². The summed E-state index contributed by atoms with van der Waals surface area (Å²) in [6, 6.07) is 0.640. The SMILES string of the molecule is Ic1cnc(CNC2CC=CC2)s1. The van der Waals surface area contributed by atoms with Gasteiger partial charge in [0.2, 0.25) is 0 Å². The first-order valence-electron chi connectivity index (χ1n) is 4.33. The van der Waals surface area contributed by atoms with E-state index in [4.69, 9.17) is 0 Å². The molecule has 1 heterocycles. The molecule has 0 unspecified atom stereocenters. The normalized spacial score (nSPS) is 17.0. The van der Waals surface area contributed by atoms with Crippen LogP contribution in [0.1, 0.15) is 17.8 Å². The minimum absolute atomic E-state index is 0.640. The van der Waals surface area contributed by atoms with Crippen molar-refractivity contribution in [2.75, 3.05) is 0 Å². The molecule has 0 saturated carbocycles. The number of rotatable bonds is 3. The summed E-state index contributed by atoms with van der Waals surface area (Å²) in [6.45, 7) is 0.917. The molecule has 0 saturated heterocycles. The summed E-state index contributed by atoms with van der Waals surface area (Å²) in [5.41, 5.74) is 0. The monoisotopic (exact) mass is 306 g/mol. The van der Waals surface area contributed by atoms with Crippen LogP contribution in [0.25, 0.3) is 0 Å². The molecular weight excluding hydrogens is 295 g/mol. The van der Waals surface area contributed by atoms with Crippen molar-refractivity contribution < 1.29 is 0 Å². The number of hydrogen-bond donors (Lipinski definition) is 1. The number of thiazole rings is 1. The van der Waals surface area contributed by atoms with E-state index in [0.717, 1.165) is 6.54 Å². The predicted molar refractivity (Wildman–Crippen MR) is 63.8 cm³/mol. The third-order valence-electron chi connectivity index (χ3n) is 2.08. The molecule has 2 nitrogen and oxygen atoms in total. The lowest BCUT2D eigenvalue weighted by Gasteiger charge is -2.09. The van der Waals surface area contributed by atoms with Crippen molar-refractivity contribution in [3.05, 3.63) is 26.2 Å². The van der Waals surface area contributed by atoms with E-state index in [9.17, 15) is 0 Å². The molecule has 0 bridgehead atoms. The van der Waals surface area contributed by atoms with Gasteiger partial charge < -0.3 is 5.32 Å². The summed E-state index contributed by atoms with van der Waals surface area (Å²) in [4.78, 5) is 4.30. The van der Waals surface area contributed by atoms with Gasteiger partial charge in [-0.15, -0.1) is 11.3 Å². The lowest BCUT2D eigenvalue weighted by Crippen LogP contribution is -2.25. The van der Waals surface area contributed by atoms with Crippen LogP contribution in [0, 0.1) is 2.88 Å². The standard InChI is InChI=1S/C9H11IN2S/c10-8-5-12-9(13-8)6-11-7-3-1-2-4-7/h1-2,5,7,11H,3-4,6H2. The van der Waals surface area contributed by atoms with Crippen molar-refractivity contribution in [2.45, 2.75) is 25.4 Å². The number of hydrogen-bond acceptors (Lipinski definition) is 3. The average molecular weight is 306 g/mol. The highest BCUT2D eigenvalue weighted by Gasteiger charge is 2.09. The Morgan fingerprint density at radius 1 is 1.54 bits per heavy atom. The molecule has 0 aromatic carbocycles. The Morgan fingerprint density at radius 2 is 2.31 bits per heavy atom. The van der Waals surface area contributed by atoms with Crippen LogP contribution in [-0.2, 0) is 6.54 Å². The maximum absolute atomic E-state index is 4.30. The number of nitrogens with zero attached hydrogens (tertiary/aromatic N) is 1.